The Balaban J connectivity index is 0.00000264. The van der Waals surface area contributed by atoms with Crippen molar-refractivity contribution in [3.63, 3.8) is 0 Å². The van der Waals surface area contributed by atoms with Gasteiger partial charge in [0.05, 0.1) is 12.2 Å². The van der Waals surface area contributed by atoms with E-state index in [0.29, 0.717) is 18.2 Å². The first-order valence-electron chi connectivity index (χ1n) is 6.97. The Morgan fingerprint density at radius 2 is 2.09 bits per heavy atom. The second kappa shape index (κ2) is 10.4. The number of guanidine groups is 1. The molecule has 0 aliphatic rings. The topological polar surface area (TPSA) is 49.3 Å². The maximum absolute atomic E-state index is 13.5. The predicted octanol–water partition coefficient (Wildman–Crippen LogP) is 3.40. The fourth-order valence-corrected chi connectivity index (χ4v) is 2.17. The highest BCUT2D eigenvalue weighted by atomic mass is 127. The molecule has 0 aliphatic carbocycles. The van der Waals surface area contributed by atoms with E-state index in [4.69, 9.17) is 11.6 Å². The standard InChI is InChI=1S/C16H18ClFN4.HI/c1-19-16(22-11-15-14(18)6-3-8-20-15)21-9-7-12-4-2-5-13(17)10-12;/h2-6,8,10H,7,9,11H2,1H3,(H2,19,21,22);1H. The number of pyridine rings is 1. The van der Waals surface area contributed by atoms with Crippen molar-refractivity contribution in [1.29, 1.82) is 0 Å². The van der Waals surface area contributed by atoms with Gasteiger partial charge in [-0.05, 0) is 36.2 Å². The van der Waals surface area contributed by atoms with Gasteiger partial charge in [0.25, 0.3) is 0 Å². The largest absolute Gasteiger partial charge is 0.356 e. The molecule has 124 valence electrons. The molecule has 0 saturated heterocycles. The lowest BCUT2D eigenvalue weighted by atomic mass is 10.1. The summed E-state index contributed by atoms with van der Waals surface area (Å²) in [6.45, 7) is 0.980. The zero-order valence-electron chi connectivity index (χ0n) is 12.7. The third-order valence-corrected chi connectivity index (χ3v) is 3.31. The van der Waals surface area contributed by atoms with Gasteiger partial charge in [-0.15, -0.1) is 24.0 Å². The van der Waals surface area contributed by atoms with Crippen LogP contribution in [0.2, 0.25) is 5.02 Å². The van der Waals surface area contributed by atoms with Crippen LogP contribution in [0.25, 0.3) is 0 Å². The molecule has 23 heavy (non-hydrogen) atoms. The first-order valence-corrected chi connectivity index (χ1v) is 7.35. The highest BCUT2D eigenvalue weighted by molar-refractivity contribution is 14.0. The molecule has 1 aromatic carbocycles. The summed E-state index contributed by atoms with van der Waals surface area (Å²) in [5.41, 5.74) is 1.51. The van der Waals surface area contributed by atoms with Gasteiger partial charge >= 0.3 is 0 Å². The molecule has 0 amide bonds. The monoisotopic (exact) mass is 448 g/mol. The SMILES string of the molecule is CN=C(NCCc1cccc(Cl)c1)NCc1ncccc1F.I. The fraction of sp³-hybridized carbons (Fsp3) is 0.250. The van der Waals surface area contributed by atoms with Gasteiger partial charge in [-0.25, -0.2) is 4.39 Å². The highest BCUT2D eigenvalue weighted by Crippen LogP contribution is 2.10. The van der Waals surface area contributed by atoms with Gasteiger partial charge < -0.3 is 10.6 Å². The summed E-state index contributed by atoms with van der Waals surface area (Å²) >= 11 is 5.95. The minimum absolute atomic E-state index is 0. The molecule has 0 atom stereocenters. The quantitative estimate of drug-likeness (QED) is 0.419. The number of hydrogen-bond donors (Lipinski definition) is 2. The number of aliphatic imine (C=N–C) groups is 1. The Kier molecular flexibility index (Phi) is 8.86. The average molecular weight is 449 g/mol. The molecule has 0 fully saturated rings. The molecule has 0 spiro atoms. The molecule has 2 N–H and O–H groups in total. The van der Waals surface area contributed by atoms with Crippen LogP contribution in [-0.2, 0) is 13.0 Å². The van der Waals surface area contributed by atoms with Gasteiger partial charge in [-0.3, -0.25) is 9.98 Å². The van der Waals surface area contributed by atoms with E-state index < -0.39 is 0 Å². The molecule has 0 unspecified atom stereocenters. The lowest BCUT2D eigenvalue weighted by Gasteiger charge is -2.12. The van der Waals surface area contributed by atoms with E-state index in [1.165, 1.54) is 6.07 Å². The molecular formula is C16H19ClFIN4. The predicted molar refractivity (Wildman–Crippen MR) is 103 cm³/mol. The molecule has 0 bridgehead atoms. The molecule has 7 heteroatoms. The lowest BCUT2D eigenvalue weighted by molar-refractivity contribution is 0.592. The van der Waals surface area contributed by atoms with Crippen molar-refractivity contribution < 1.29 is 4.39 Å². The number of benzene rings is 1. The van der Waals surface area contributed by atoms with Crippen LogP contribution in [0.3, 0.4) is 0 Å². The lowest BCUT2D eigenvalue weighted by Crippen LogP contribution is -2.38. The van der Waals surface area contributed by atoms with E-state index in [2.05, 4.69) is 20.6 Å². The number of rotatable bonds is 5. The Hall–Kier alpha value is -1.41. The van der Waals surface area contributed by atoms with Gasteiger partial charge in [0, 0.05) is 24.8 Å². The van der Waals surface area contributed by atoms with Crippen LogP contribution < -0.4 is 10.6 Å². The van der Waals surface area contributed by atoms with E-state index in [0.717, 1.165) is 17.0 Å². The molecule has 1 heterocycles. The normalized spacial score (nSPS) is 10.8. The van der Waals surface area contributed by atoms with Crippen molar-refractivity contribution in [2.45, 2.75) is 13.0 Å². The summed E-state index contributed by atoms with van der Waals surface area (Å²) in [6.07, 6.45) is 2.38. The van der Waals surface area contributed by atoms with Crippen LogP contribution in [-0.4, -0.2) is 24.5 Å². The maximum atomic E-state index is 13.5. The van der Waals surface area contributed by atoms with Crippen molar-refractivity contribution in [1.82, 2.24) is 15.6 Å². The first kappa shape index (κ1) is 19.6. The molecule has 0 aliphatic heterocycles. The Morgan fingerprint density at radius 3 is 2.78 bits per heavy atom. The Bertz CT molecular complexity index is 651. The third-order valence-electron chi connectivity index (χ3n) is 3.08. The fourth-order valence-electron chi connectivity index (χ4n) is 1.95. The van der Waals surface area contributed by atoms with Gasteiger partial charge in [0.1, 0.15) is 5.82 Å². The van der Waals surface area contributed by atoms with E-state index >= 15 is 0 Å². The van der Waals surface area contributed by atoms with Crippen LogP contribution in [0.4, 0.5) is 4.39 Å². The molecule has 0 radical (unpaired) electrons. The number of halogens is 3. The van der Waals surface area contributed by atoms with E-state index in [1.54, 1.807) is 19.3 Å². The second-order valence-electron chi connectivity index (χ2n) is 4.66. The molecule has 4 nitrogen and oxygen atoms in total. The summed E-state index contributed by atoms with van der Waals surface area (Å²) in [5, 5.41) is 6.93. The molecule has 2 rings (SSSR count). The van der Waals surface area contributed by atoms with Crippen LogP contribution in [0.5, 0.6) is 0 Å². The van der Waals surface area contributed by atoms with Crippen LogP contribution in [0, 0.1) is 5.82 Å². The first-order chi connectivity index (χ1) is 10.7. The van der Waals surface area contributed by atoms with Crippen molar-refractivity contribution in [2.24, 2.45) is 4.99 Å². The summed E-state index contributed by atoms with van der Waals surface area (Å²) in [7, 11) is 1.67. The van der Waals surface area contributed by atoms with Gasteiger partial charge in [0.15, 0.2) is 5.96 Å². The van der Waals surface area contributed by atoms with Gasteiger partial charge in [0.2, 0.25) is 0 Å². The van der Waals surface area contributed by atoms with E-state index in [-0.39, 0.29) is 36.3 Å². The van der Waals surface area contributed by atoms with Crippen LogP contribution >= 0.6 is 35.6 Å². The highest BCUT2D eigenvalue weighted by Gasteiger charge is 2.04. The van der Waals surface area contributed by atoms with Crippen molar-refractivity contribution in [3.8, 4) is 0 Å². The minimum atomic E-state index is -0.329. The van der Waals surface area contributed by atoms with Gasteiger partial charge in [-0.2, -0.15) is 0 Å². The summed E-state index contributed by atoms with van der Waals surface area (Å²) in [5.74, 6) is 0.275. The molecule has 1 aromatic heterocycles. The zero-order valence-corrected chi connectivity index (χ0v) is 15.8. The van der Waals surface area contributed by atoms with E-state index in [1.807, 2.05) is 24.3 Å². The van der Waals surface area contributed by atoms with Crippen molar-refractivity contribution in [2.75, 3.05) is 13.6 Å². The maximum Gasteiger partial charge on any atom is 0.191 e. The number of nitrogens with one attached hydrogen (secondary N) is 2. The summed E-state index contributed by atoms with van der Waals surface area (Å²) in [4.78, 5) is 8.09. The second-order valence-corrected chi connectivity index (χ2v) is 5.10. The number of nitrogens with zero attached hydrogens (tertiary/aromatic N) is 2. The number of aromatic nitrogens is 1. The Morgan fingerprint density at radius 1 is 1.26 bits per heavy atom. The molecule has 2 aromatic rings. The van der Waals surface area contributed by atoms with Gasteiger partial charge in [-0.1, -0.05) is 23.7 Å². The smallest absolute Gasteiger partial charge is 0.191 e. The van der Waals surface area contributed by atoms with Crippen LogP contribution in [0.15, 0.2) is 47.6 Å². The molecule has 0 saturated carbocycles. The third kappa shape index (κ3) is 6.70. The minimum Gasteiger partial charge on any atom is -0.356 e. The molecular weight excluding hydrogens is 430 g/mol. The number of hydrogen-bond acceptors (Lipinski definition) is 2. The van der Waals surface area contributed by atoms with E-state index in [9.17, 15) is 4.39 Å². The Labute approximate surface area is 157 Å². The summed E-state index contributed by atoms with van der Waals surface area (Å²) < 4.78 is 13.5. The average Bonchev–Trinajstić information content (AvgIpc) is 2.52. The summed E-state index contributed by atoms with van der Waals surface area (Å²) in [6, 6.07) is 10.7. The van der Waals surface area contributed by atoms with Crippen molar-refractivity contribution >= 4 is 41.5 Å². The van der Waals surface area contributed by atoms with Crippen molar-refractivity contribution in [3.05, 3.63) is 64.7 Å². The van der Waals surface area contributed by atoms with Crippen LogP contribution in [0.1, 0.15) is 11.3 Å². The zero-order chi connectivity index (χ0) is 15.8.